The Balaban J connectivity index is 1.40. The van der Waals surface area contributed by atoms with Gasteiger partial charge in [-0.05, 0) is 87.4 Å². The number of hydrogen-bond donors (Lipinski definition) is 3. The number of aryl methyl sites for hydroxylation is 1. The van der Waals surface area contributed by atoms with E-state index in [1.165, 1.54) is 5.56 Å². The van der Waals surface area contributed by atoms with Crippen molar-refractivity contribution in [2.24, 2.45) is 12.0 Å². The molecule has 0 atom stereocenters. The fourth-order valence-corrected chi connectivity index (χ4v) is 5.77. The Morgan fingerprint density at radius 1 is 1.08 bits per heavy atom. The lowest BCUT2D eigenvalue weighted by molar-refractivity contribution is 0.0990. The number of fused-ring (bicyclic) bond motifs is 1. The van der Waals surface area contributed by atoms with Crippen LogP contribution in [0.5, 0.6) is 0 Å². The number of nitrogens with zero attached hydrogens (tertiary/aromatic N) is 5. The summed E-state index contributed by atoms with van der Waals surface area (Å²) in [5.74, 6) is 0.222. The molecule has 4 heterocycles. The minimum Gasteiger partial charge on any atom is -0.393 e. The highest BCUT2D eigenvalue weighted by molar-refractivity contribution is 5.95. The molecule has 0 radical (unpaired) electrons. The standard InChI is InChI=1S/C28H33N7O2/c1-34-17-21(16-31-34)24-15-20(10-13-30-24)27(37)33-28-32-25-14-19(18-8-11-29-12-9-18)2-7-26(25)35(28)22-3-5-23(36)6-4-22/h2,7,10,13-18,22-23,29,36H,3-6,8-9,11-12H2,1H3,(H,32,33,37)/t22-,23+. The number of amides is 1. The molecule has 0 spiro atoms. The molecule has 1 amide bonds. The lowest BCUT2D eigenvalue weighted by atomic mass is 9.90. The number of carbonyl (C=O) groups is 1. The zero-order chi connectivity index (χ0) is 25.4. The third-order valence-corrected chi connectivity index (χ3v) is 7.81. The van der Waals surface area contributed by atoms with E-state index in [4.69, 9.17) is 0 Å². The monoisotopic (exact) mass is 499 g/mol. The van der Waals surface area contributed by atoms with Crippen molar-refractivity contribution in [2.45, 2.75) is 56.6 Å². The van der Waals surface area contributed by atoms with Crippen molar-refractivity contribution in [3.05, 3.63) is 65.7 Å². The fourth-order valence-electron chi connectivity index (χ4n) is 5.77. The Hall–Kier alpha value is -3.56. The van der Waals surface area contributed by atoms with Crippen LogP contribution < -0.4 is 10.9 Å². The summed E-state index contributed by atoms with van der Waals surface area (Å²) in [5.41, 5.74) is 5.96. The van der Waals surface area contributed by atoms with Gasteiger partial charge in [-0.1, -0.05) is 6.07 Å². The number of aromatic amines is 1. The third-order valence-electron chi connectivity index (χ3n) is 7.81. The molecule has 0 bridgehead atoms. The molecular formula is C28H33N7O2. The van der Waals surface area contributed by atoms with Crippen molar-refractivity contribution in [3.8, 4) is 11.3 Å². The van der Waals surface area contributed by atoms with Gasteiger partial charge in [0, 0.05) is 36.6 Å². The van der Waals surface area contributed by atoms with Gasteiger partial charge in [0.15, 0.2) is 0 Å². The number of piperidine rings is 1. The number of imidazole rings is 1. The molecule has 3 aromatic heterocycles. The second-order valence-electron chi connectivity index (χ2n) is 10.3. The van der Waals surface area contributed by atoms with Gasteiger partial charge in [-0.3, -0.25) is 14.5 Å². The lowest BCUT2D eigenvalue weighted by Gasteiger charge is -2.27. The van der Waals surface area contributed by atoms with Crippen molar-refractivity contribution in [2.75, 3.05) is 13.1 Å². The van der Waals surface area contributed by atoms with E-state index in [0.29, 0.717) is 22.8 Å². The summed E-state index contributed by atoms with van der Waals surface area (Å²) in [4.78, 5) is 25.9. The molecule has 37 heavy (non-hydrogen) atoms. The maximum absolute atomic E-state index is 13.4. The molecule has 2 aliphatic rings. The van der Waals surface area contributed by atoms with Crippen LogP contribution in [0.3, 0.4) is 0 Å². The van der Waals surface area contributed by atoms with Crippen LogP contribution in [0.25, 0.3) is 22.3 Å². The third kappa shape index (κ3) is 4.89. The first-order valence-corrected chi connectivity index (χ1v) is 13.2. The number of aromatic nitrogens is 5. The molecule has 2 fully saturated rings. The second-order valence-corrected chi connectivity index (χ2v) is 10.3. The Bertz CT molecular complexity index is 1480. The van der Waals surface area contributed by atoms with Crippen molar-refractivity contribution in [1.29, 1.82) is 0 Å². The van der Waals surface area contributed by atoms with Crippen LogP contribution in [0.2, 0.25) is 0 Å². The summed E-state index contributed by atoms with van der Waals surface area (Å²) >= 11 is 0. The number of benzene rings is 1. The van der Waals surface area contributed by atoms with E-state index in [1.54, 1.807) is 29.2 Å². The highest BCUT2D eigenvalue weighted by Gasteiger charge is 2.24. The number of carbonyl (C=O) groups excluding carboxylic acids is 1. The second kappa shape index (κ2) is 10.1. The Kier molecular flexibility index (Phi) is 6.48. The summed E-state index contributed by atoms with van der Waals surface area (Å²) < 4.78 is 3.89. The summed E-state index contributed by atoms with van der Waals surface area (Å²) in [7, 11) is 1.85. The Morgan fingerprint density at radius 3 is 2.65 bits per heavy atom. The van der Waals surface area contributed by atoms with Gasteiger partial charge in [0.25, 0.3) is 5.91 Å². The van der Waals surface area contributed by atoms with Crippen LogP contribution in [0.1, 0.15) is 66.4 Å². The molecule has 1 saturated heterocycles. The lowest BCUT2D eigenvalue weighted by Crippen LogP contribution is -2.29. The minimum atomic E-state index is -0.317. The van der Waals surface area contributed by atoms with E-state index in [0.717, 1.165) is 68.2 Å². The molecular weight excluding hydrogens is 466 g/mol. The molecule has 192 valence electrons. The maximum atomic E-state index is 13.4. The number of aliphatic hydroxyl groups is 1. The normalized spacial score (nSPS) is 21.5. The number of pyridine rings is 1. The van der Waals surface area contributed by atoms with Gasteiger partial charge < -0.3 is 20.0 Å². The highest BCUT2D eigenvalue weighted by Crippen LogP contribution is 2.32. The van der Waals surface area contributed by atoms with Crippen molar-refractivity contribution < 1.29 is 9.90 Å². The van der Waals surface area contributed by atoms with Crippen LogP contribution in [0, 0.1) is 0 Å². The van der Waals surface area contributed by atoms with Gasteiger partial charge in [-0.15, -0.1) is 0 Å². The van der Waals surface area contributed by atoms with E-state index in [1.807, 2.05) is 13.2 Å². The summed E-state index contributed by atoms with van der Waals surface area (Å²) in [6, 6.07) is 10.3. The average molecular weight is 500 g/mol. The molecule has 4 aromatic rings. The summed E-state index contributed by atoms with van der Waals surface area (Å²) in [5, 5.41) is 17.7. The number of aliphatic hydroxyl groups excluding tert-OH is 1. The molecule has 1 aliphatic carbocycles. The fraction of sp³-hybridized carbons (Fsp3) is 0.429. The number of nitrogens with one attached hydrogen (secondary N) is 2. The van der Waals surface area contributed by atoms with E-state index < -0.39 is 0 Å². The van der Waals surface area contributed by atoms with E-state index in [2.05, 4.69) is 48.1 Å². The topological polar surface area (TPSA) is 113 Å². The molecule has 0 unspecified atom stereocenters. The molecule has 6 rings (SSSR count). The van der Waals surface area contributed by atoms with Gasteiger partial charge in [0.1, 0.15) is 0 Å². The summed E-state index contributed by atoms with van der Waals surface area (Å²) in [6.07, 6.45) is 10.5. The first-order chi connectivity index (χ1) is 18.0. The molecule has 1 aromatic carbocycles. The maximum Gasteiger partial charge on any atom is 0.280 e. The minimum absolute atomic E-state index is 0.178. The van der Waals surface area contributed by atoms with Crippen molar-refractivity contribution >= 4 is 16.9 Å². The zero-order valence-corrected chi connectivity index (χ0v) is 21.1. The zero-order valence-electron chi connectivity index (χ0n) is 21.1. The molecule has 1 aliphatic heterocycles. The SMILES string of the molecule is Cn1cc(-c2cc(C(=O)/N=c3\[nH]c4cc(C5CCNCC5)ccc4n3[C@H]3CC[C@@H](O)CC3)ccn2)cn1. The first-order valence-electron chi connectivity index (χ1n) is 13.2. The Morgan fingerprint density at radius 2 is 1.89 bits per heavy atom. The van der Waals surface area contributed by atoms with Crippen LogP contribution in [0.15, 0.2) is 53.9 Å². The van der Waals surface area contributed by atoms with Crippen LogP contribution in [-0.4, -0.2) is 54.5 Å². The molecule has 3 N–H and O–H groups in total. The summed E-state index contributed by atoms with van der Waals surface area (Å²) in [6.45, 7) is 2.08. The van der Waals surface area contributed by atoms with Gasteiger partial charge in [-0.25, -0.2) is 0 Å². The largest absolute Gasteiger partial charge is 0.393 e. The quantitative estimate of drug-likeness (QED) is 0.398. The van der Waals surface area contributed by atoms with Crippen molar-refractivity contribution in [3.63, 3.8) is 0 Å². The predicted molar refractivity (Wildman–Crippen MR) is 141 cm³/mol. The van der Waals surface area contributed by atoms with Gasteiger partial charge in [0.2, 0.25) is 5.62 Å². The number of rotatable bonds is 4. The first kappa shape index (κ1) is 23.8. The van der Waals surface area contributed by atoms with Gasteiger partial charge in [0.05, 0.1) is 29.0 Å². The number of H-pyrrole nitrogens is 1. The van der Waals surface area contributed by atoms with Crippen LogP contribution in [-0.2, 0) is 7.05 Å². The predicted octanol–water partition coefficient (Wildman–Crippen LogP) is 3.45. The van der Waals surface area contributed by atoms with Crippen LogP contribution in [0.4, 0.5) is 0 Å². The molecule has 9 heteroatoms. The van der Waals surface area contributed by atoms with Gasteiger partial charge in [-0.2, -0.15) is 10.1 Å². The van der Waals surface area contributed by atoms with E-state index >= 15 is 0 Å². The Labute approximate surface area is 215 Å². The highest BCUT2D eigenvalue weighted by atomic mass is 16.3. The van der Waals surface area contributed by atoms with E-state index in [9.17, 15) is 9.90 Å². The van der Waals surface area contributed by atoms with Crippen molar-refractivity contribution in [1.82, 2.24) is 29.6 Å². The van der Waals surface area contributed by atoms with Gasteiger partial charge >= 0.3 is 0 Å². The van der Waals surface area contributed by atoms with Crippen LogP contribution >= 0.6 is 0 Å². The van der Waals surface area contributed by atoms with E-state index in [-0.39, 0.29) is 18.1 Å². The average Bonchev–Trinajstić information content (AvgIpc) is 3.52. The molecule has 1 saturated carbocycles. The number of hydrogen-bond acceptors (Lipinski definition) is 5. The smallest absolute Gasteiger partial charge is 0.280 e. The molecule has 9 nitrogen and oxygen atoms in total.